The average molecular weight is 468 g/mol. The Morgan fingerprint density at radius 2 is 1.32 bits per heavy atom. The van der Waals surface area contributed by atoms with Crippen LogP contribution in [0.3, 0.4) is 0 Å². The van der Waals surface area contributed by atoms with Gasteiger partial charge in [0.15, 0.2) is 7.14 Å². The van der Waals surface area contributed by atoms with Crippen molar-refractivity contribution in [2.75, 3.05) is 0 Å². The summed E-state index contributed by atoms with van der Waals surface area (Å²) in [6.07, 6.45) is 0. The SMILES string of the molecule is Cc1ccc(O)cc1S(=O)(=O)[O-].c1ccc([I+]c2ccccc2)cc1. The second-order valence-corrected chi connectivity index (χ2v) is 9.47. The molecule has 25 heavy (non-hydrogen) atoms. The Morgan fingerprint density at radius 1 is 0.840 bits per heavy atom. The van der Waals surface area contributed by atoms with Gasteiger partial charge in [0.05, 0.1) is 4.90 Å². The monoisotopic (exact) mass is 468 g/mol. The number of hydrogen-bond donors (Lipinski definition) is 1. The predicted molar refractivity (Wildman–Crippen MR) is 91.1 cm³/mol. The molecule has 0 aromatic heterocycles. The van der Waals surface area contributed by atoms with E-state index in [1.165, 1.54) is 26.2 Å². The van der Waals surface area contributed by atoms with E-state index < -0.39 is 10.1 Å². The van der Waals surface area contributed by atoms with Crippen molar-refractivity contribution in [3.63, 3.8) is 0 Å². The quantitative estimate of drug-likeness (QED) is 0.447. The van der Waals surface area contributed by atoms with Crippen LogP contribution in [-0.4, -0.2) is 18.1 Å². The first-order valence-electron chi connectivity index (χ1n) is 7.37. The van der Waals surface area contributed by atoms with E-state index in [1.54, 1.807) is 0 Å². The molecular formula is C19H17IO4S. The second kappa shape index (κ2) is 8.98. The number of aryl methyl sites for hydroxylation is 1. The van der Waals surface area contributed by atoms with Crippen LogP contribution in [0.1, 0.15) is 5.56 Å². The van der Waals surface area contributed by atoms with Gasteiger partial charge in [-0.15, -0.1) is 0 Å². The van der Waals surface area contributed by atoms with Gasteiger partial charge >= 0.3 is 21.2 Å². The minimum Gasteiger partial charge on any atom is -0.744 e. The van der Waals surface area contributed by atoms with Crippen molar-refractivity contribution in [2.45, 2.75) is 11.8 Å². The van der Waals surface area contributed by atoms with Gasteiger partial charge < -0.3 is 9.66 Å². The third kappa shape index (κ3) is 6.49. The third-order valence-corrected chi connectivity index (χ3v) is 6.79. The molecule has 0 saturated heterocycles. The van der Waals surface area contributed by atoms with E-state index in [9.17, 15) is 13.0 Å². The van der Waals surface area contributed by atoms with Gasteiger partial charge in [-0.3, -0.25) is 0 Å². The zero-order valence-corrected chi connectivity index (χ0v) is 16.4. The van der Waals surface area contributed by atoms with Crippen molar-refractivity contribution in [3.05, 3.63) is 91.6 Å². The van der Waals surface area contributed by atoms with Crippen molar-refractivity contribution in [2.24, 2.45) is 0 Å². The molecule has 130 valence electrons. The standard InChI is InChI=1S/C12H10I.C7H8O4S/c1-3-7-11(8-4-1)13-12-9-5-2-6-10-12;1-5-2-3-6(8)4-7(5)12(9,10)11/h1-10H;2-4,8H,1H3,(H,9,10,11)/q+1;/p-1. The summed E-state index contributed by atoms with van der Waals surface area (Å²) in [5, 5.41) is 8.90. The zero-order valence-electron chi connectivity index (χ0n) is 13.5. The number of hydrogen-bond acceptors (Lipinski definition) is 4. The van der Waals surface area contributed by atoms with E-state index in [1.807, 2.05) is 0 Å². The van der Waals surface area contributed by atoms with E-state index >= 15 is 0 Å². The van der Waals surface area contributed by atoms with Crippen LogP contribution in [0.5, 0.6) is 5.75 Å². The Bertz CT molecular complexity index is 873. The first-order chi connectivity index (χ1) is 11.9. The van der Waals surface area contributed by atoms with Crippen molar-refractivity contribution < 1.29 is 39.3 Å². The summed E-state index contributed by atoms with van der Waals surface area (Å²) in [6, 6.07) is 25.0. The largest absolute Gasteiger partial charge is 0.744 e. The van der Waals surface area contributed by atoms with Crippen molar-refractivity contribution in [1.29, 1.82) is 0 Å². The van der Waals surface area contributed by atoms with Gasteiger partial charge in [0.25, 0.3) is 0 Å². The number of aromatic hydroxyl groups is 1. The fourth-order valence-corrected chi connectivity index (χ4v) is 4.94. The predicted octanol–water partition coefficient (Wildman–Crippen LogP) is 0.420. The molecule has 3 rings (SSSR count). The molecule has 0 heterocycles. The van der Waals surface area contributed by atoms with E-state index in [-0.39, 0.29) is 31.9 Å². The lowest BCUT2D eigenvalue weighted by Crippen LogP contribution is -3.61. The summed E-state index contributed by atoms with van der Waals surface area (Å²) in [5.41, 5.74) is 0.336. The Labute approximate surface area is 158 Å². The molecule has 0 unspecified atom stereocenters. The molecule has 0 atom stereocenters. The second-order valence-electron chi connectivity index (χ2n) is 5.09. The minimum absolute atomic E-state index is 0.0287. The highest BCUT2D eigenvalue weighted by molar-refractivity contribution is 7.85. The maximum absolute atomic E-state index is 10.5. The highest BCUT2D eigenvalue weighted by Crippen LogP contribution is 2.19. The molecule has 0 fully saturated rings. The molecule has 3 aromatic rings. The number of phenols is 1. The molecule has 0 saturated carbocycles. The van der Waals surface area contributed by atoms with Gasteiger partial charge in [-0.25, -0.2) is 8.42 Å². The van der Waals surface area contributed by atoms with Crippen LogP contribution in [0.2, 0.25) is 0 Å². The summed E-state index contributed by atoms with van der Waals surface area (Å²) in [7, 11) is -4.47. The molecule has 1 N–H and O–H groups in total. The first kappa shape index (κ1) is 19.4. The maximum atomic E-state index is 10.5. The van der Waals surface area contributed by atoms with Crippen molar-refractivity contribution >= 4 is 10.1 Å². The highest BCUT2D eigenvalue weighted by Gasteiger charge is 2.12. The lowest BCUT2D eigenvalue weighted by atomic mass is 10.2. The summed E-state index contributed by atoms with van der Waals surface area (Å²) in [4.78, 5) is -0.373. The first-order valence-corrected chi connectivity index (χ1v) is 10.9. The fourth-order valence-electron chi connectivity index (χ4n) is 1.94. The minimum atomic E-state index is -4.47. The van der Waals surface area contributed by atoms with Gasteiger partial charge in [-0.2, -0.15) is 0 Å². The molecule has 6 heteroatoms. The summed E-state index contributed by atoms with van der Waals surface area (Å²) in [5.74, 6) is -0.227. The topological polar surface area (TPSA) is 77.4 Å². The smallest absolute Gasteiger partial charge is 0.357 e. The van der Waals surface area contributed by atoms with Gasteiger partial charge in [-0.1, -0.05) is 42.5 Å². The molecule has 0 spiro atoms. The number of phenolic OH excluding ortho intramolecular Hbond substituents is 1. The molecule has 0 amide bonds. The molecule has 3 aromatic carbocycles. The number of benzene rings is 3. The molecule has 0 bridgehead atoms. The number of rotatable bonds is 3. The highest BCUT2D eigenvalue weighted by atomic mass is 127. The van der Waals surface area contributed by atoms with Gasteiger partial charge in [0.1, 0.15) is 15.9 Å². The molecule has 0 aliphatic rings. The lowest BCUT2D eigenvalue weighted by Gasteiger charge is -2.09. The van der Waals surface area contributed by atoms with Crippen LogP contribution < -0.4 is 21.2 Å². The normalized spacial score (nSPS) is 10.6. The fraction of sp³-hybridized carbons (Fsp3) is 0.0526. The molecule has 0 aliphatic heterocycles. The third-order valence-electron chi connectivity index (χ3n) is 3.13. The van der Waals surface area contributed by atoms with Crippen molar-refractivity contribution in [1.82, 2.24) is 0 Å². The van der Waals surface area contributed by atoms with E-state index in [2.05, 4.69) is 60.7 Å². The molecule has 0 radical (unpaired) electrons. The lowest BCUT2D eigenvalue weighted by molar-refractivity contribution is -0.597. The van der Waals surface area contributed by atoms with Crippen molar-refractivity contribution in [3.8, 4) is 5.75 Å². The average Bonchev–Trinajstić information content (AvgIpc) is 2.59. The Kier molecular flexibility index (Phi) is 6.98. The Morgan fingerprint density at radius 3 is 1.72 bits per heavy atom. The Hall–Kier alpha value is -1.90. The maximum Gasteiger partial charge on any atom is 0.357 e. The van der Waals surface area contributed by atoms with E-state index in [0.29, 0.717) is 5.56 Å². The zero-order chi connectivity index (χ0) is 18.3. The summed E-state index contributed by atoms with van der Waals surface area (Å²) in [6.45, 7) is 1.49. The summed E-state index contributed by atoms with van der Waals surface area (Å²) >= 11 is 0.0287. The Balaban J connectivity index is 0.000000181. The van der Waals surface area contributed by atoms with Crippen LogP contribution in [0.4, 0.5) is 0 Å². The molecular weight excluding hydrogens is 451 g/mol. The van der Waals surface area contributed by atoms with Gasteiger partial charge in [0, 0.05) is 0 Å². The van der Waals surface area contributed by atoms with Crippen LogP contribution in [0.15, 0.2) is 83.8 Å². The van der Waals surface area contributed by atoms with Crippen LogP contribution in [-0.2, 0) is 10.1 Å². The summed E-state index contributed by atoms with van der Waals surface area (Å²) < 4.78 is 34.6. The van der Waals surface area contributed by atoms with Gasteiger partial charge in [-0.05, 0) is 48.9 Å². The van der Waals surface area contributed by atoms with Crippen LogP contribution in [0, 0.1) is 14.1 Å². The van der Waals surface area contributed by atoms with E-state index in [0.717, 1.165) is 6.07 Å². The van der Waals surface area contributed by atoms with E-state index in [4.69, 9.17) is 5.11 Å². The van der Waals surface area contributed by atoms with Crippen LogP contribution >= 0.6 is 0 Å². The number of halogens is 1. The molecule has 4 nitrogen and oxygen atoms in total. The van der Waals surface area contributed by atoms with Crippen LogP contribution in [0.25, 0.3) is 0 Å². The van der Waals surface area contributed by atoms with Gasteiger partial charge in [0.2, 0.25) is 0 Å². The molecule has 0 aliphatic carbocycles.